The summed E-state index contributed by atoms with van der Waals surface area (Å²) in [6.45, 7) is 3.02. The molecule has 1 fully saturated rings. The summed E-state index contributed by atoms with van der Waals surface area (Å²) in [5, 5.41) is 10.2. The van der Waals surface area contributed by atoms with Gasteiger partial charge in [0, 0.05) is 30.2 Å². The number of rotatable bonds is 3. The number of hydrogen-bond acceptors (Lipinski definition) is 2. The van der Waals surface area contributed by atoms with Crippen molar-refractivity contribution in [3.63, 3.8) is 0 Å². The lowest BCUT2D eigenvalue weighted by atomic mass is 9.97. The van der Waals surface area contributed by atoms with Crippen LogP contribution in [0.5, 0.6) is 0 Å². The average Bonchev–Trinajstić information content (AvgIpc) is 2.92. The van der Waals surface area contributed by atoms with Crippen molar-refractivity contribution in [3.8, 4) is 0 Å². The molecule has 3 rings (SSSR count). The Labute approximate surface area is 128 Å². The van der Waals surface area contributed by atoms with Crippen molar-refractivity contribution in [1.29, 1.82) is 0 Å². The molecule has 1 atom stereocenters. The number of carboxylic acids is 1. The van der Waals surface area contributed by atoms with Gasteiger partial charge in [-0.15, -0.1) is 0 Å². The largest absolute Gasteiger partial charge is 0.481 e. The molecule has 2 aromatic rings. The van der Waals surface area contributed by atoms with Crippen molar-refractivity contribution in [1.82, 2.24) is 9.88 Å². The minimum absolute atomic E-state index is 0.00935. The van der Waals surface area contributed by atoms with Crippen LogP contribution in [0.25, 0.3) is 10.9 Å². The number of aromatic nitrogens is 1. The number of aryl methyl sites for hydroxylation is 1. The Morgan fingerprint density at radius 3 is 3.00 bits per heavy atom. The Kier molecular flexibility index (Phi) is 3.88. The van der Waals surface area contributed by atoms with Gasteiger partial charge in [-0.2, -0.15) is 0 Å². The predicted molar refractivity (Wildman–Crippen MR) is 83.7 cm³/mol. The lowest BCUT2D eigenvalue weighted by molar-refractivity contribution is -0.145. The first-order valence-electron chi connectivity index (χ1n) is 7.62. The van der Waals surface area contributed by atoms with E-state index in [9.17, 15) is 9.59 Å². The second kappa shape index (κ2) is 5.83. The summed E-state index contributed by atoms with van der Waals surface area (Å²) >= 11 is 0. The second-order valence-corrected chi connectivity index (χ2v) is 6.01. The molecule has 1 aromatic carbocycles. The van der Waals surface area contributed by atoms with Crippen LogP contribution in [0.1, 0.15) is 24.0 Å². The summed E-state index contributed by atoms with van der Waals surface area (Å²) in [5.41, 5.74) is 3.16. The summed E-state index contributed by atoms with van der Waals surface area (Å²) in [6.07, 6.45) is 3.62. The van der Waals surface area contributed by atoms with Crippen LogP contribution in [0.15, 0.2) is 24.4 Å². The Morgan fingerprint density at radius 1 is 1.41 bits per heavy atom. The molecule has 0 aliphatic carbocycles. The molecule has 1 aliphatic heterocycles. The number of carbonyl (C=O) groups excluding carboxylic acids is 1. The zero-order valence-corrected chi connectivity index (χ0v) is 12.6. The first-order valence-corrected chi connectivity index (χ1v) is 7.62. The van der Waals surface area contributed by atoms with Crippen molar-refractivity contribution >= 4 is 22.8 Å². The third-order valence-electron chi connectivity index (χ3n) is 4.46. The number of fused-ring (bicyclic) bond motifs is 1. The topological polar surface area (TPSA) is 73.4 Å². The molecule has 116 valence electrons. The van der Waals surface area contributed by atoms with Gasteiger partial charge in [-0.1, -0.05) is 12.1 Å². The van der Waals surface area contributed by atoms with E-state index in [4.69, 9.17) is 5.11 Å². The number of aromatic amines is 1. The highest BCUT2D eigenvalue weighted by atomic mass is 16.4. The van der Waals surface area contributed by atoms with Gasteiger partial charge in [0.15, 0.2) is 0 Å². The molecular formula is C17H20N2O3. The Bertz CT molecular complexity index is 720. The first-order chi connectivity index (χ1) is 10.6. The molecule has 1 aliphatic rings. The lowest BCUT2D eigenvalue weighted by Crippen LogP contribution is -2.42. The van der Waals surface area contributed by atoms with Crippen LogP contribution < -0.4 is 0 Å². The standard InChI is InChI=1S/C17H20N2O3/c1-11-4-2-6-14-16(11)13(9-18-14)8-15(20)19-7-3-5-12(10-19)17(21)22/h2,4,6,9,12,18H,3,5,7-8,10H2,1H3,(H,21,22). The SMILES string of the molecule is Cc1cccc2[nH]cc(CC(=O)N3CCCC(C(=O)O)C3)c12. The highest BCUT2D eigenvalue weighted by molar-refractivity contribution is 5.91. The molecule has 0 saturated carbocycles. The molecule has 0 radical (unpaired) electrons. The van der Waals surface area contributed by atoms with Crippen LogP contribution in [0, 0.1) is 12.8 Å². The molecule has 5 heteroatoms. The van der Waals surface area contributed by atoms with Gasteiger partial charge in [0.05, 0.1) is 12.3 Å². The van der Waals surface area contributed by atoms with Crippen LogP contribution in [-0.4, -0.2) is 40.0 Å². The minimum Gasteiger partial charge on any atom is -0.481 e. The van der Waals surface area contributed by atoms with E-state index in [0.717, 1.165) is 28.5 Å². The number of nitrogens with one attached hydrogen (secondary N) is 1. The molecule has 2 N–H and O–H groups in total. The Balaban J connectivity index is 1.77. The normalized spacial score (nSPS) is 18.6. The fourth-order valence-corrected chi connectivity index (χ4v) is 3.27. The number of aliphatic carboxylic acids is 1. The third-order valence-corrected chi connectivity index (χ3v) is 4.46. The summed E-state index contributed by atoms with van der Waals surface area (Å²) in [4.78, 5) is 28.5. The van der Waals surface area contributed by atoms with Crippen LogP contribution in [0.3, 0.4) is 0 Å². The molecule has 0 spiro atoms. The van der Waals surface area contributed by atoms with Gasteiger partial charge in [-0.25, -0.2) is 0 Å². The number of amides is 1. The number of benzene rings is 1. The van der Waals surface area contributed by atoms with Gasteiger partial charge >= 0.3 is 5.97 Å². The first kappa shape index (κ1) is 14.6. The van der Waals surface area contributed by atoms with E-state index in [-0.39, 0.29) is 5.91 Å². The predicted octanol–water partition coefficient (Wildman–Crippen LogP) is 2.34. The lowest BCUT2D eigenvalue weighted by Gasteiger charge is -2.30. The monoisotopic (exact) mass is 300 g/mol. The smallest absolute Gasteiger partial charge is 0.308 e. The second-order valence-electron chi connectivity index (χ2n) is 6.01. The number of carbonyl (C=O) groups is 2. The number of H-pyrrole nitrogens is 1. The maximum atomic E-state index is 12.5. The van der Waals surface area contributed by atoms with E-state index in [1.165, 1.54) is 0 Å². The van der Waals surface area contributed by atoms with E-state index in [1.54, 1.807) is 4.90 Å². The molecule has 5 nitrogen and oxygen atoms in total. The third kappa shape index (κ3) is 2.71. The minimum atomic E-state index is -0.805. The molecular weight excluding hydrogens is 280 g/mol. The molecule has 1 amide bonds. The maximum Gasteiger partial charge on any atom is 0.308 e. The van der Waals surface area contributed by atoms with Gasteiger partial charge < -0.3 is 15.0 Å². The number of nitrogens with zero attached hydrogens (tertiary/aromatic N) is 1. The molecule has 2 heterocycles. The summed E-state index contributed by atoms with van der Waals surface area (Å²) in [7, 11) is 0. The fraction of sp³-hybridized carbons (Fsp3) is 0.412. The van der Waals surface area contributed by atoms with E-state index in [0.29, 0.717) is 25.9 Å². The van der Waals surface area contributed by atoms with Crippen molar-refractivity contribution in [2.45, 2.75) is 26.2 Å². The van der Waals surface area contributed by atoms with Crippen molar-refractivity contribution < 1.29 is 14.7 Å². The molecule has 1 saturated heterocycles. The quantitative estimate of drug-likeness (QED) is 0.913. The number of hydrogen-bond donors (Lipinski definition) is 2. The van der Waals surface area contributed by atoms with E-state index >= 15 is 0 Å². The Morgan fingerprint density at radius 2 is 2.23 bits per heavy atom. The average molecular weight is 300 g/mol. The van der Waals surface area contributed by atoms with Crippen LogP contribution in [0.4, 0.5) is 0 Å². The maximum absolute atomic E-state index is 12.5. The highest BCUT2D eigenvalue weighted by Crippen LogP contribution is 2.24. The number of piperidine rings is 1. The molecule has 0 bridgehead atoms. The van der Waals surface area contributed by atoms with Gasteiger partial charge in [-0.05, 0) is 37.0 Å². The van der Waals surface area contributed by atoms with Gasteiger partial charge in [0.25, 0.3) is 0 Å². The number of carboxylic acid groups (broad SMARTS) is 1. The number of likely N-dealkylation sites (tertiary alicyclic amines) is 1. The van der Waals surface area contributed by atoms with Crippen molar-refractivity contribution in [3.05, 3.63) is 35.5 Å². The molecule has 1 aromatic heterocycles. The Hall–Kier alpha value is -2.30. The van der Waals surface area contributed by atoms with Gasteiger partial charge in [0.2, 0.25) is 5.91 Å². The zero-order valence-electron chi connectivity index (χ0n) is 12.6. The highest BCUT2D eigenvalue weighted by Gasteiger charge is 2.28. The van der Waals surface area contributed by atoms with Crippen LogP contribution >= 0.6 is 0 Å². The summed E-state index contributed by atoms with van der Waals surface area (Å²) in [5.74, 6) is -1.22. The van der Waals surface area contributed by atoms with Crippen molar-refractivity contribution in [2.24, 2.45) is 5.92 Å². The van der Waals surface area contributed by atoms with Gasteiger partial charge in [-0.3, -0.25) is 9.59 Å². The van der Waals surface area contributed by atoms with Gasteiger partial charge in [0.1, 0.15) is 0 Å². The summed E-state index contributed by atoms with van der Waals surface area (Å²) < 4.78 is 0. The zero-order chi connectivity index (χ0) is 15.7. The van der Waals surface area contributed by atoms with E-state index in [1.807, 2.05) is 31.3 Å². The summed E-state index contributed by atoms with van der Waals surface area (Å²) in [6, 6.07) is 6.02. The van der Waals surface area contributed by atoms with E-state index < -0.39 is 11.9 Å². The van der Waals surface area contributed by atoms with E-state index in [2.05, 4.69) is 4.98 Å². The molecule has 22 heavy (non-hydrogen) atoms. The van der Waals surface area contributed by atoms with Crippen LogP contribution in [0.2, 0.25) is 0 Å². The molecule has 1 unspecified atom stereocenters. The fourth-order valence-electron chi connectivity index (χ4n) is 3.27. The van der Waals surface area contributed by atoms with Crippen molar-refractivity contribution in [2.75, 3.05) is 13.1 Å². The van der Waals surface area contributed by atoms with Crippen LogP contribution in [-0.2, 0) is 16.0 Å².